The third-order valence-corrected chi connectivity index (χ3v) is 8.26. The molecule has 2 aromatic heterocycles. The van der Waals surface area contributed by atoms with Gasteiger partial charge in [-0.2, -0.15) is 0 Å². The lowest BCUT2D eigenvalue weighted by Crippen LogP contribution is -2.32. The second-order valence-electron chi connectivity index (χ2n) is 8.84. The summed E-state index contributed by atoms with van der Waals surface area (Å²) >= 11 is 3.62. The summed E-state index contributed by atoms with van der Waals surface area (Å²) in [6, 6.07) is 5.83. The maximum Gasteiger partial charge on any atom is 0.163 e. The maximum atomic E-state index is 13.7. The van der Waals surface area contributed by atoms with E-state index < -0.39 is 21.2 Å². The van der Waals surface area contributed by atoms with Crippen LogP contribution in [0, 0.1) is 13.8 Å². The first-order chi connectivity index (χ1) is 16.5. The molecule has 3 aromatic rings. The second kappa shape index (κ2) is 11.5. The zero-order chi connectivity index (χ0) is 25.8. The number of ether oxygens (including phenoxy) is 1. The van der Waals surface area contributed by atoms with E-state index in [0.717, 1.165) is 21.3 Å². The largest absolute Gasteiger partial charge is 0.366 e. The van der Waals surface area contributed by atoms with Gasteiger partial charge in [0.05, 0.1) is 17.0 Å². The summed E-state index contributed by atoms with van der Waals surface area (Å²) in [4.78, 5) is 8.70. The van der Waals surface area contributed by atoms with E-state index in [1.165, 1.54) is 0 Å². The fraction of sp³-hybridized carbons (Fsp3) is 0.440. The first-order valence-electron chi connectivity index (χ1n) is 11.5. The molecule has 188 valence electrons. The van der Waals surface area contributed by atoms with Gasteiger partial charge >= 0.3 is 0 Å². The molecule has 8 nitrogen and oxygen atoms in total. The van der Waals surface area contributed by atoms with Gasteiger partial charge in [-0.05, 0) is 74.2 Å². The molecule has 0 spiro atoms. The van der Waals surface area contributed by atoms with Crippen LogP contribution >= 0.6 is 15.9 Å². The fourth-order valence-electron chi connectivity index (χ4n) is 3.73. The maximum absolute atomic E-state index is 13.7. The molecular formula is C25H32BrN5O3S. The van der Waals surface area contributed by atoms with Crippen molar-refractivity contribution in [1.29, 1.82) is 0 Å². The second-order valence-corrected chi connectivity index (χ2v) is 12.0. The van der Waals surface area contributed by atoms with Crippen LogP contribution in [0.5, 0.6) is 0 Å². The summed E-state index contributed by atoms with van der Waals surface area (Å²) in [7, 11) is -3.74. The topological polar surface area (TPSA) is 99.9 Å². The number of aromatic nitrogens is 5. The van der Waals surface area contributed by atoms with Crippen LogP contribution in [-0.4, -0.2) is 44.5 Å². The van der Waals surface area contributed by atoms with Crippen molar-refractivity contribution in [3.05, 3.63) is 76.3 Å². The van der Waals surface area contributed by atoms with Crippen molar-refractivity contribution in [2.24, 2.45) is 0 Å². The van der Waals surface area contributed by atoms with Crippen molar-refractivity contribution < 1.29 is 13.2 Å². The summed E-state index contributed by atoms with van der Waals surface area (Å²) in [5, 5.41) is 7.74. The number of hydrogen-bond acceptors (Lipinski definition) is 7. The van der Waals surface area contributed by atoms with E-state index in [1.807, 2.05) is 50.5 Å². The average Bonchev–Trinajstić information content (AvgIpc) is 3.17. The first-order valence-corrected chi connectivity index (χ1v) is 14.0. The Morgan fingerprint density at radius 1 is 1.11 bits per heavy atom. The number of rotatable bonds is 11. The Hall–Kier alpha value is -2.43. The Kier molecular flexibility index (Phi) is 8.95. The predicted molar refractivity (Wildman–Crippen MR) is 140 cm³/mol. The van der Waals surface area contributed by atoms with E-state index >= 15 is 0 Å². The molecule has 0 N–H and O–H groups in total. The standard InChI is InChI=1S/C25H32BrN5O3S/c1-7-8-12-21-29-30-22(31(21)23-18(5)10-9-11-20(23)26)15-35(32,33)19(6)24(34-16(2)3)25-27-13-17(4)14-28-25/h7,9-11,13-14,16,19,24H,1,8,12,15H2,2-6H3/t19-,24+/m0/s1. The normalized spacial score (nSPS) is 13.7. The van der Waals surface area contributed by atoms with E-state index in [-0.39, 0.29) is 11.9 Å². The Bertz CT molecular complexity index is 1250. The highest BCUT2D eigenvalue weighted by atomic mass is 79.9. The van der Waals surface area contributed by atoms with Crippen molar-refractivity contribution in [2.45, 2.75) is 70.7 Å². The van der Waals surface area contributed by atoms with Crippen LogP contribution in [0.4, 0.5) is 0 Å². The van der Waals surface area contributed by atoms with Crippen molar-refractivity contribution in [1.82, 2.24) is 24.7 Å². The highest BCUT2D eigenvalue weighted by Crippen LogP contribution is 2.30. The van der Waals surface area contributed by atoms with Crippen LogP contribution in [0.2, 0.25) is 0 Å². The van der Waals surface area contributed by atoms with E-state index in [2.05, 4.69) is 42.7 Å². The number of hydrogen-bond donors (Lipinski definition) is 0. The number of para-hydroxylation sites is 1. The fourth-order valence-corrected chi connectivity index (χ4v) is 5.74. The molecule has 0 bridgehead atoms. The number of aryl methyl sites for hydroxylation is 3. The number of halogens is 1. The van der Waals surface area contributed by atoms with Crippen molar-refractivity contribution >= 4 is 25.8 Å². The van der Waals surface area contributed by atoms with Crippen LogP contribution < -0.4 is 0 Å². The van der Waals surface area contributed by atoms with Crippen LogP contribution in [0.15, 0.2) is 47.7 Å². The van der Waals surface area contributed by atoms with E-state index in [1.54, 1.807) is 25.4 Å². The summed E-state index contributed by atoms with van der Waals surface area (Å²) < 4.78 is 36.1. The lowest BCUT2D eigenvalue weighted by molar-refractivity contribution is 0.00141. The summed E-state index contributed by atoms with van der Waals surface area (Å²) in [6.07, 6.45) is 5.39. The van der Waals surface area contributed by atoms with E-state index in [0.29, 0.717) is 30.3 Å². The van der Waals surface area contributed by atoms with Crippen LogP contribution in [0.3, 0.4) is 0 Å². The van der Waals surface area contributed by atoms with Crippen LogP contribution in [-0.2, 0) is 26.7 Å². The minimum Gasteiger partial charge on any atom is -0.366 e. The molecular weight excluding hydrogens is 530 g/mol. The molecule has 0 fully saturated rings. The smallest absolute Gasteiger partial charge is 0.163 e. The van der Waals surface area contributed by atoms with E-state index in [9.17, 15) is 8.42 Å². The summed E-state index contributed by atoms with van der Waals surface area (Å²) in [5.41, 5.74) is 2.68. The third-order valence-electron chi connectivity index (χ3n) is 5.58. The summed E-state index contributed by atoms with van der Waals surface area (Å²) in [5.74, 6) is 1.06. The van der Waals surface area contributed by atoms with Gasteiger partial charge < -0.3 is 4.74 Å². The molecule has 1 aromatic carbocycles. The number of nitrogens with zero attached hydrogens (tertiary/aromatic N) is 5. The highest BCUT2D eigenvalue weighted by Gasteiger charge is 2.36. The van der Waals surface area contributed by atoms with Gasteiger partial charge in [-0.15, -0.1) is 16.8 Å². The molecule has 2 atom stereocenters. The molecule has 0 aliphatic carbocycles. The van der Waals surface area contributed by atoms with Gasteiger partial charge in [0, 0.05) is 23.3 Å². The molecule has 0 saturated heterocycles. The monoisotopic (exact) mass is 561 g/mol. The van der Waals surface area contributed by atoms with Gasteiger partial charge in [0.25, 0.3) is 0 Å². The number of benzene rings is 1. The summed E-state index contributed by atoms with van der Waals surface area (Å²) in [6.45, 7) is 13.0. The van der Waals surface area contributed by atoms with Gasteiger partial charge in [-0.3, -0.25) is 4.57 Å². The lowest BCUT2D eigenvalue weighted by Gasteiger charge is -2.25. The van der Waals surface area contributed by atoms with Gasteiger partial charge in [0.15, 0.2) is 21.5 Å². The molecule has 0 amide bonds. The Morgan fingerprint density at radius 2 is 1.77 bits per heavy atom. The van der Waals surface area contributed by atoms with Gasteiger partial charge in [-0.25, -0.2) is 18.4 Å². The molecule has 10 heteroatoms. The zero-order valence-electron chi connectivity index (χ0n) is 20.8. The molecule has 3 rings (SSSR count). The highest BCUT2D eigenvalue weighted by molar-refractivity contribution is 9.10. The molecule has 0 unspecified atom stereocenters. The molecule has 0 aliphatic rings. The van der Waals surface area contributed by atoms with Crippen molar-refractivity contribution in [3.63, 3.8) is 0 Å². The SMILES string of the molecule is C=CCCc1nnc(CS(=O)(=O)[C@@H](C)[C@@H](OC(C)C)c2ncc(C)cn2)n1-c1c(C)cccc1Br. The Labute approximate surface area is 215 Å². The Morgan fingerprint density at radius 3 is 2.37 bits per heavy atom. The number of allylic oxidation sites excluding steroid dienone is 1. The minimum absolute atomic E-state index is 0.209. The quantitative estimate of drug-likeness (QED) is 0.303. The lowest BCUT2D eigenvalue weighted by atomic mass is 10.2. The average molecular weight is 563 g/mol. The predicted octanol–water partition coefficient (Wildman–Crippen LogP) is 5.02. The number of sulfone groups is 1. The Balaban J connectivity index is 2.03. The molecule has 0 radical (unpaired) electrons. The first kappa shape index (κ1) is 27.2. The van der Waals surface area contributed by atoms with Gasteiger partial charge in [0.1, 0.15) is 17.7 Å². The third kappa shape index (κ3) is 6.42. The van der Waals surface area contributed by atoms with Gasteiger partial charge in [-0.1, -0.05) is 18.2 Å². The van der Waals surface area contributed by atoms with Crippen molar-refractivity contribution in [3.8, 4) is 5.69 Å². The zero-order valence-corrected chi connectivity index (χ0v) is 23.2. The molecule has 35 heavy (non-hydrogen) atoms. The minimum atomic E-state index is -3.74. The molecule has 2 heterocycles. The van der Waals surface area contributed by atoms with E-state index in [4.69, 9.17) is 4.74 Å². The van der Waals surface area contributed by atoms with Crippen molar-refractivity contribution in [2.75, 3.05) is 0 Å². The van der Waals surface area contributed by atoms with Gasteiger partial charge in [0.2, 0.25) is 0 Å². The van der Waals surface area contributed by atoms with Crippen LogP contribution in [0.25, 0.3) is 5.69 Å². The molecule has 0 aliphatic heterocycles. The van der Waals surface area contributed by atoms with Crippen LogP contribution in [0.1, 0.15) is 61.9 Å². The molecule has 0 saturated carbocycles.